The molecule has 1 aromatic heterocycles. The van der Waals surface area contributed by atoms with Crippen LogP contribution in [0.2, 0.25) is 5.02 Å². The predicted molar refractivity (Wildman–Crippen MR) is 134 cm³/mol. The average molecular weight is 472 g/mol. The molecule has 2 aromatic carbocycles. The van der Waals surface area contributed by atoms with Crippen LogP contribution in [-0.2, 0) is 0 Å². The lowest BCUT2D eigenvalue weighted by atomic mass is 9.90. The van der Waals surface area contributed by atoms with Crippen LogP contribution in [0.4, 0.5) is 10.1 Å². The number of carbonyl (C=O) groups excluding carboxylic acids is 1. The van der Waals surface area contributed by atoms with Gasteiger partial charge in [-0.05, 0) is 61.1 Å². The fourth-order valence-electron chi connectivity index (χ4n) is 4.23. The average Bonchev–Trinajstić information content (AvgIpc) is 2.78. The SMILES string of the molecule is C.CC(C)C(=O)c1cnc2ccc(-c3cc(F)c(O)c(Cl)c3)cc2c1NC1CCC(N)CC1. The van der Waals surface area contributed by atoms with E-state index < -0.39 is 11.6 Å². The molecule has 5 nitrogen and oxygen atoms in total. The first-order chi connectivity index (χ1) is 15.2. The smallest absolute Gasteiger partial charge is 0.170 e. The molecule has 1 saturated carbocycles. The second-order valence-corrected chi connectivity index (χ2v) is 9.25. The van der Waals surface area contributed by atoms with E-state index >= 15 is 0 Å². The quantitative estimate of drug-likeness (QED) is 0.367. The number of nitrogens with two attached hydrogens (primary N) is 1. The minimum Gasteiger partial charge on any atom is -0.504 e. The Morgan fingerprint density at radius 1 is 1.18 bits per heavy atom. The van der Waals surface area contributed by atoms with Crippen molar-refractivity contribution in [2.75, 3.05) is 5.32 Å². The second kappa shape index (κ2) is 10.1. The summed E-state index contributed by atoms with van der Waals surface area (Å²) in [5.41, 5.74) is 9.34. The van der Waals surface area contributed by atoms with Crippen molar-refractivity contribution < 1.29 is 14.3 Å². The maximum absolute atomic E-state index is 14.1. The van der Waals surface area contributed by atoms with Crippen LogP contribution in [0.1, 0.15) is 57.3 Å². The highest BCUT2D eigenvalue weighted by molar-refractivity contribution is 6.32. The van der Waals surface area contributed by atoms with E-state index in [0.29, 0.717) is 16.7 Å². The first-order valence-corrected chi connectivity index (χ1v) is 11.3. The highest BCUT2D eigenvalue weighted by Crippen LogP contribution is 2.36. The molecule has 0 amide bonds. The summed E-state index contributed by atoms with van der Waals surface area (Å²) in [7, 11) is 0. The summed E-state index contributed by atoms with van der Waals surface area (Å²) in [5, 5.41) is 14.0. The number of ketones is 1. The van der Waals surface area contributed by atoms with Crippen molar-refractivity contribution in [3.8, 4) is 16.9 Å². The van der Waals surface area contributed by atoms with Gasteiger partial charge in [-0.1, -0.05) is 38.9 Å². The van der Waals surface area contributed by atoms with Gasteiger partial charge >= 0.3 is 0 Å². The molecule has 1 aliphatic rings. The summed E-state index contributed by atoms with van der Waals surface area (Å²) < 4.78 is 14.1. The molecule has 176 valence electrons. The third-order valence-corrected chi connectivity index (χ3v) is 6.42. The predicted octanol–water partition coefficient (Wildman–Crippen LogP) is 6.56. The van der Waals surface area contributed by atoms with Crippen LogP contribution in [0.5, 0.6) is 5.75 Å². The second-order valence-electron chi connectivity index (χ2n) is 8.84. The van der Waals surface area contributed by atoms with E-state index in [0.717, 1.165) is 42.3 Å². The molecule has 0 saturated heterocycles. The Hall–Kier alpha value is -2.70. The van der Waals surface area contributed by atoms with E-state index in [4.69, 9.17) is 17.3 Å². The monoisotopic (exact) mass is 471 g/mol. The lowest BCUT2D eigenvalue weighted by molar-refractivity contribution is 0.0940. The number of nitrogens with one attached hydrogen (secondary N) is 1. The molecule has 4 N–H and O–H groups in total. The number of hydrogen-bond acceptors (Lipinski definition) is 5. The van der Waals surface area contributed by atoms with Gasteiger partial charge in [-0.25, -0.2) is 4.39 Å². The molecule has 1 aliphatic carbocycles. The molecule has 1 heterocycles. The number of anilines is 1. The fraction of sp³-hybridized carbons (Fsp3) is 0.385. The van der Waals surface area contributed by atoms with Crippen molar-refractivity contribution in [2.24, 2.45) is 11.7 Å². The number of phenolic OH excluding ortho intramolecular Hbond substituents is 1. The minimum atomic E-state index is -0.786. The summed E-state index contributed by atoms with van der Waals surface area (Å²) in [6, 6.07) is 8.75. The molecule has 33 heavy (non-hydrogen) atoms. The topological polar surface area (TPSA) is 88.2 Å². The van der Waals surface area contributed by atoms with Crippen LogP contribution in [0, 0.1) is 11.7 Å². The minimum absolute atomic E-state index is 0. The Kier molecular flexibility index (Phi) is 7.60. The third-order valence-electron chi connectivity index (χ3n) is 6.13. The largest absolute Gasteiger partial charge is 0.504 e. The summed E-state index contributed by atoms with van der Waals surface area (Å²) in [5.74, 6) is -1.52. The van der Waals surface area contributed by atoms with Crippen LogP contribution in [-0.4, -0.2) is 28.0 Å². The standard InChI is InChI=1S/C25H27ClFN3O2.CH4/c1-13(2)24(31)19-12-29-22-8-3-14(15-10-20(26)25(32)21(27)11-15)9-18(22)23(19)30-17-6-4-16(28)5-7-17;/h3,8-13,16-17,32H,4-7,28H2,1-2H3,(H,29,30);1H4. The van der Waals surface area contributed by atoms with E-state index in [2.05, 4.69) is 10.3 Å². The number of halogens is 2. The van der Waals surface area contributed by atoms with Gasteiger partial charge in [0.15, 0.2) is 17.3 Å². The van der Waals surface area contributed by atoms with Gasteiger partial charge in [-0.15, -0.1) is 0 Å². The lowest BCUT2D eigenvalue weighted by Gasteiger charge is -2.29. The van der Waals surface area contributed by atoms with Crippen LogP contribution in [0.15, 0.2) is 36.5 Å². The highest BCUT2D eigenvalue weighted by atomic mass is 35.5. The zero-order valence-corrected chi connectivity index (χ0v) is 18.9. The van der Waals surface area contributed by atoms with Crippen molar-refractivity contribution in [1.82, 2.24) is 4.98 Å². The van der Waals surface area contributed by atoms with Crippen LogP contribution < -0.4 is 11.1 Å². The molecule has 0 unspecified atom stereocenters. The maximum Gasteiger partial charge on any atom is 0.170 e. The Balaban J connectivity index is 0.00000306. The van der Waals surface area contributed by atoms with Crippen molar-refractivity contribution in [1.29, 1.82) is 0 Å². The number of aromatic hydroxyl groups is 1. The van der Waals surface area contributed by atoms with Crippen molar-refractivity contribution >= 4 is 34.0 Å². The molecule has 4 rings (SSSR count). The van der Waals surface area contributed by atoms with Gasteiger partial charge in [0.25, 0.3) is 0 Å². The number of aromatic nitrogens is 1. The first kappa shape index (κ1) is 24.9. The number of pyridine rings is 1. The molecule has 0 bridgehead atoms. The van der Waals surface area contributed by atoms with Gasteiger partial charge in [0.05, 0.1) is 21.8 Å². The number of phenols is 1. The van der Waals surface area contributed by atoms with E-state index in [9.17, 15) is 14.3 Å². The van der Waals surface area contributed by atoms with Crippen molar-refractivity contribution in [3.63, 3.8) is 0 Å². The molecule has 3 aromatic rings. The van der Waals surface area contributed by atoms with Gasteiger partial charge in [0.2, 0.25) is 0 Å². The molecule has 0 atom stereocenters. The lowest BCUT2D eigenvalue weighted by Crippen LogP contribution is -2.33. The Morgan fingerprint density at radius 2 is 1.88 bits per heavy atom. The van der Waals surface area contributed by atoms with E-state index in [1.807, 2.05) is 32.0 Å². The van der Waals surface area contributed by atoms with Crippen molar-refractivity contribution in [2.45, 2.75) is 59.0 Å². The normalized spacial score (nSPS) is 18.2. The van der Waals surface area contributed by atoms with Crippen LogP contribution in [0.3, 0.4) is 0 Å². The number of rotatable bonds is 5. The van der Waals surface area contributed by atoms with Gasteiger partial charge in [0, 0.05) is 29.6 Å². The first-order valence-electron chi connectivity index (χ1n) is 10.9. The summed E-state index contributed by atoms with van der Waals surface area (Å²) in [6.07, 6.45) is 5.37. The van der Waals surface area contributed by atoms with E-state index in [1.165, 1.54) is 12.1 Å². The molecule has 1 fully saturated rings. The van der Waals surface area contributed by atoms with E-state index in [-0.39, 0.29) is 36.2 Å². The van der Waals surface area contributed by atoms with Crippen LogP contribution in [0.25, 0.3) is 22.0 Å². The Labute approximate surface area is 199 Å². The molecule has 0 spiro atoms. The summed E-state index contributed by atoms with van der Waals surface area (Å²) in [6.45, 7) is 3.74. The fourth-order valence-corrected chi connectivity index (χ4v) is 4.43. The van der Waals surface area contributed by atoms with E-state index in [1.54, 1.807) is 6.20 Å². The number of nitrogens with zero attached hydrogens (tertiary/aromatic N) is 1. The van der Waals surface area contributed by atoms with Gasteiger partial charge < -0.3 is 16.2 Å². The van der Waals surface area contributed by atoms with Gasteiger partial charge in [-0.3, -0.25) is 9.78 Å². The molecular formula is C26H31ClFN3O2. The number of benzene rings is 2. The molecule has 7 heteroatoms. The molecule has 0 radical (unpaired) electrons. The zero-order valence-electron chi connectivity index (χ0n) is 18.2. The van der Waals surface area contributed by atoms with Crippen molar-refractivity contribution in [3.05, 3.63) is 52.9 Å². The molecular weight excluding hydrogens is 441 g/mol. The van der Waals surface area contributed by atoms with Gasteiger partial charge in [-0.2, -0.15) is 0 Å². The third kappa shape index (κ3) is 5.12. The highest BCUT2D eigenvalue weighted by Gasteiger charge is 2.24. The van der Waals surface area contributed by atoms with Crippen LogP contribution >= 0.6 is 11.6 Å². The number of carbonyl (C=O) groups is 1. The molecule has 0 aliphatic heterocycles. The number of Topliss-reactive ketones (excluding diaryl/α,β-unsaturated/α-hetero) is 1. The zero-order chi connectivity index (χ0) is 23.0. The number of hydrogen-bond donors (Lipinski definition) is 3. The summed E-state index contributed by atoms with van der Waals surface area (Å²) >= 11 is 5.99. The Bertz CT molecular complexity index is 1150. The maximum atomic E-state index is 14.1. The number of fused-ring (bicyclic) bond motifs is 1. The van der Waals surface area contributed by atoms with Gasteiger partial charge in [0.1, 0.15) is 0 Å². The Morgan fingerprint density at radius 3 is 2.52 bits per heavy atom. The summed E-state index contributed by atoms with van der Waals surface area (Å²) in [4.78, 5) is 17.5.